The standard InChI is InChI=1S/C13H22N2/c1-6-13(3,4)15(5)11-8-7-10(2)12(14)9-11/h7-9H,6,14H2,1-5H3. The number of nitrogens with two attached hydrogens (primary N) is 1. The fourth-order valence-corrected chi connectivity index (χ4v) is 1.42. The SMILES string of the molecule is CCC(C)(C)N(C)c1ccc(C)c(N)c1. The number of aryl methyl sites for hydroxylation is 1. The molecule has 0 aliphatic rings. The van der Waals surface area contributed by atoms with Crippen LogP contribution in [0, 0.1) is 6.92 Å². The minimum atomic E-state index is 0.168. The minimum Gasteiger partial charge on any atom is -0.398 e. The second-order valence-electron chi connectivity index (χ2n) is 4.77. The van der Waals surface area contributed by atoms with Gasteiger partial charge in [-0.3, -0.25) is 0 Å². The van der Waals surface area contributed by atoms with E-state index in [9.17, 15) is 0 Å². The Bertz CT molecular complexity index is 342. The summed E-state index contributed by atoms with van der Waals surface area (Å²) in [6.45, 7) is 8.71. The second-order valence-corrected chi connectivity index (χ2v) is 4.77. The summed E-state index contributed by atoms with van der Waals surface area (Å²) in [5.74, 6) is 0. The molecular weight excluding hydrogens is 184 g/mol. The Morgan fingerprint density at radius 3 is 2.40 bits per heavy atom. The van der Waals surface area contributed by atoms with Crippen LogP contribution in [0.1, 0.15) is 32.8 Å². The van der Waals surface area contributed by atoms with E-state index in [0.29, 0.717) is 0 Å². The van der Waals surface area contributed by atoms with Gasteiger partial charge in [-0.1, -0.05) is 13.0 Å². The van der Waals surface area contributed by atoms with Gasteiger partial charge in [0.15, 0.2) is 0 Å². The molecule has 0 spiro atoms. The molecule has 0 unspecified atom stereocenters. The molecule has 0 aliphatic carbocycles. The van der Waals surface area contributed by atoms with E-state index in [1.807, 2.05) is 13.0 Å². The van der Waals surface area contributed by atoms with Crippen LogP contribution in [0.25, 0.3) is 0 Å². The Balaban J connectivity index is 3.02. The van der Waals surface area contributed by atoms with E-state index in [0.717, 1.165) is 17.7 Å². The Kier molecular flexibility index (Phi) is 3.28. The largest absolute Gasteiger partial charge is 0.398 e. The molecule has 2 heteroatoms. The number of benzene rings is 1. The molecule has 0 amide bonds. The molecule has 0 bridgehead atoms. The van der Waals surface area contributed by atoms with Gasteiger partial charge in [-0.05, 0) is 44.9 Å². The molecule has 0 saturated carbocycles. The minimum absolute atomic E-state index is 0.168. The van der Waals surface area contributed by atoms with Crippen molar-refractivity contribution in [3.63, 3.8) is 0 Å². The monoisotopic (exact) mass is 206 g/mol. The smallest absolute Gasteiger partial charge is 0.0388 e. The maximum absolute atomic E-state index is 5.92. The molecule has 0 saturated heterocycles. The van der Waals surface area contributed by atoms with Gasteiger partial charge in [-0.2, -0.15) is 0 Å². The van der Waals surface area contributed by atoms with Crippen molar-refractivity contribution in [1.82, 2.24) is 0 Å². The first-order valence-electron chi connectivity index (χ1n) is 5.48. The molecule has 84 valence electrons. The van der Waals surface area contributed by atoms with Crippen molar-refractivity contribution < 1.29 is 0 Å². The normalized spacial score (nSPS) is 11.5. The predicted octanol–water partition coefficient (Wildman–Crippen LogP) is 3.20. The highest BCUT2D eigenvalue weighted by Crippen LogP contribution is 2.27. The first-order chi connectivity index (χ1) is 6.88. The lowest BCUT2D eigenvalue weighted by atomic mass is 9.99. The van der Waals surface area contributed by atoms with Crippen LogP contribution in [0.2, 0.25) is 0 Å². The van der Waals surface area contributed by atoms with Crippen LogP contribution in [0.5, 0.6) is 0 Å². The fourth-order valence-electron chi connectivity index (χ4n) is 1.42. The summed E-state index contributed by atoms with van der Waals surface area (Å²) < 4.78 is 0. The molecule has 1 aromatic carbocycles. The Labute approximate surface area is 93.1 Å². The van der Waals surface area contributed by atoms with Gasteiger partial charge in [0.05, 0.1) is 0 Å². The quantitative estimate of drug-likeness (QED) is 0.769. The number of nitrogens with zero attached hydrogens (tertiary/aromatic N) is 1. The average molecular weight is 206 g/mol. The van der Waals surface area contributed by atoms with Crippen LogP contribution in [-0.4, -0.2) is 12.6 Å². The van der Waals surface area contributed by atoms with Crippen molar-refractivity contribution in [2.45, 2.75) is 39.7 Å². The Morgan fingerprint density at radius 1 is 1.33 bits per heavy atom. The average Bonchev–Trinajstić information content (AvgIpc) is 2.21. The maximum Gasteiger partial charge on any atom is 0.0388 e. The van der Waals surface area contributed by atoms with Crippen LogP contribution in [0.4, 0.5) is 11.4 Å². The van der Waals surface area contributed by atoms with E-state index in [1.54, 1.807) is 0 Å². The lowest BCUT2D eigenvalue weighted by molar-refractivity contribution is 0.471. The zero-order chi connectivity index (χ0) is 11.6. The van der Waals surface area contributed by atoms with Crippen LogP contribution >= 0.6 is 0 Å². The third kappa shape index (κ3) is 2.44. The van der Waals surface area contributed by atoms with Gasteiger partial charge in [0.25, 0.3) is 0 Å². The van der Waals surface area contributed by atoms with Crippen LogP contribution < -0.4 is 10.6 Å². The fraction of sp³-hybridized carbons (Fsp3) is 0.538. The molecule has 0 atom stereocenters. The number of rotatable bonds is 3. The highest BCUT2D eigenvalue weighted by atomic mass is 15.2. The first-order valence-corrected chi connectivity index (χ1v) is 5.48. The van der Waals surface area contributed by atoms with Crippen molar-refractivity contribution in [2.75, 3.05) is 17.7 Å². The number of hydrogen-bond acceptors (Lipinski definition) is 2. The van der Waals surface area contributed by atoms with Gasteiger partial charge in [0.2, 0.25) is 0 Å². The highest BCUT2D eigenvalue weighted by Gasteiger charge is 2.21. The maximum atomic E-state index is 5.92. The molecular formula is C13H22N2. The van der Waals surface area contributed by atoms with Gasteiger partial charge < -0.3 is 10.6 Å². The van der Waals surface area contributed by atoms with E-state index in [-0.39, 0.29) is 5.54 Å². The van der Waals surface area contributed by atoms with E-state index < -0.39 is 0 Å². The van der Waals surface area contributed by atoms with Gasteiger partial charge in [-0.15, -0.1) is 0 Å². The molecule has 15 heavy (non-hydrogen) atoms. The molecule has 0 fully saturated rings. The Morgan fingerprint density at radius 2 is 1.93 bits per heavy atom. The number of hydrogen-bond donors (Lipinski definition) is 1. The number of nitrogen functional groups attached to an aromatic ring is 1. The third-order valence-corrected chi connectivity index (χ3v) is 3.42. The Hall–Kier alpha value is -1.18. The summed E-state index contributed by atoms with van der Waals surface area (Å²) in [4.78, 5) is 2.28. The van der Waals surface area contributed by atoms with Crippen molar-refractivity contribution in [3.8, 4) is 0 Å². The summed E-state index contributed by atoms with van der Waals surface area (Å²) in [5.41, 5.74) is 9.28. The zero-order valence-corrected chi connectivity index (χ0v) is 10.5. The van der Waals surface area contributed by atoms with Crippen LogP contribution in [0.3, 0.4) is 0 Å². The molecule has 1 rings (SSSR count). The van der Waals surface area contributed by atoms with Crippen molar-refractivity contribution in [3.05, 3.63) is 23.8 Å². The zero-order valence-electron chi connectivity index (χ0n) is 10.5. The van der Waals surface area contributed by atoms with Gasteiger partial charge in [-0.25, -0.2) is 0 Å². The van der Waals surface area contributed by atoms with Crippen molar-refractivity contribution >= 4 is 11.4 Å². The predicted molar refractivity (Wildman–Crippen MR) is 68.4 cm³/mol. The molecule has 0 radical (unpaired) electrons. The molecule has 0 heterocycles. The van der Waals surface area contributed by atoms with Crippen molar-refractivity contribution in [2.24, 2.45) is 0 Å². The topological polar surface area (TPSA) is 29.3 Å². The number of anilines is 2. The second kappa shape index (κ2) is 4.13. The molecule has 2 N–H and O–H groups in total. The van der Waals surface area contributed by atoms with Gasteiger partial charge in [0, 0.05) is 24.0 Å². The van der Waals surface area contributed by atoms with E-state index in [1.165, 1.54) is 5.69 Å². The molecule has 0 aliphatic heterocycles. The highest BCUT2D eigenvalue weighted by molar-refractivity contribution is 5.60. The summed E-state index contributed by atoms with van der Waals surface area (Å²) >= 11 is 0. The van der Waals surface area contributed by atoms with Crippen LogP contribution in [-0.2, 0) is 0 Å². The first kappa shape index (κ1) is 11.9. The lowest BCUT2D eigenvalue weighted by Gasteiger charge is -2.37. The summed E-state index contributed by atoms with van der Waals surface area (Å²) in [7, 11) is 2.12. The molecule has 1 aromatic rings. The summed E-state index contributed by atoms with van der Waals surface area (Å²) in [6.07, 6.45) is 1.11. The molecule has 0 aromatic heterocycles. The van der Waals surface area contributed by atoms with E-state index in [2.05, 4.69) is 44.9 Å². The lowest BCUT2D eigenvalue weighted by Crippen LogP contribution is -2.40. The van der Waals surface area contributed by atoms with Crippen LogP contribution in [0.15, 0.2) is 18.2 Å². The van der Waals surface area contributed by atoms with Gasteiger partial charge >= 0.3 is 0 Å². The summed E-state index contributed by atoms with van der Waals surface area (Å²) in [6, 6.07) is 6.25. The third-order valence-electron chi connectivity index (χ3n) is 3.42. The van der Waals surface area contributed by atoms with Gasteiger partial charge in [0.1, 0.15) is 0 Å². The van der Waals surface area contributed by atoms with E-state index >= 15 is 0 Å². The summed E-state index contributed by atoms with van der Waals surface area (Å²) in [5, 5.41) is 0. The van der Waals surface area contributed by atoms with Crippen molar-refractivity contribution in [1.29, 1.82) is 0 Å². The van der Waals surface area contributed by atoms with E-state index in [4.69, 9.17) is 5.73 Å². The molecule has 2 nitrogen and oxygen atoms in total.